The minimum Gasteiger partial charge on any atom is -0.226 e. The molecule has 2 aromatic rings. The van der Waals surface area contributed by atoms with Gasteiger partial charge in [0.1, 0.15) is 5.15 Å². The summed E-state index contributed by atoms with van der Waals surface area (Å²) in [6.45, 7) is 0. The number of nitrogens with zero attached hydrogens (tertiary/aromatic N) is 2. The molecular weight excluding hydrogens is 290 g/mol. The first kappa shape index (κ1) is 11.9. The zero-order valence-corrected chi connectivity index (χ0v) is 10.7. The van der Waals surface area contributed by atoms with Crippen molar-refractivity contribution in [3.8, 4) is 11.1 Å². The van der Waals surface area contributed by atoms with Gasteiger partial charge in [0.2, 0.25) is 5.28 Å². The first-order valence-electron chi connectivity index (χ1n) is 4.22. The molecule has 0 atom stereocenters. The standard InChI is InChI=1S/C10H4Cl4N2/c11-6-2-1-3-7(12)8(6)5-4-15-10(14)16-9(5)13/h1-4H. The smallest absolute Gasteiger partial charge is 0.223 e. The lowest BCUT2D eigenvalue weighted by Gasteiger charge is -2.07. The second kappa shape index (κ2) is 4.76. The summed E-state index contributed by atoms with van der Waals surface area (Å²) in [5, 5.41) is 1.27. The van der Waals surface area contributed by atoms with Crippen molar-refractivity contribution in [2.24, 2.45) is 0 Å². The fraction of sp³-hybridized carbons (Fsp3) is 0. The van der Waals surface area contributed by atoms with Crippen molar-refractivity contribution in [1.29, 1.82) is 0 Å². The number of rotatable bonds is 1. The largest absolute Gasteiger partial charge is 0.226 e. The fourth-order valence-electron chi connectivity index (χ4n) is 1.26. The van der Waals surface area contributed by atoms with E-state index in [9.17, 15) is 0 Å². The fourth-order valence-corrected chi connectivity index (χ4v) is 2.26. The Balaban J connectivity index is 2.68. The molecule has 2 rings (SSSR count). The van der Waals surface area contributed by atoms with Crippen LogP contribution in [-0.4, -0.2) is 9.97 Å². The van der Waals surface area contributed by atoms with Crippen LogP contribution < -0.4 is 0 Å². The van der Waals surface area contributed by atoms with E-state index >= 15 is 0 Å². The molecule has 0 saturated heterocycles. The van der Waals surface area contributed by atoms with Gasteiger partial charge in [-0.1, -0.05) is 40.9 Å². The van der Waals surface area contributed by atoms with Gasteiger partial charge in [0.25, 0.3) is 0 Å². The average Bonchev–Trinajstić information content (AvgIpc) is 2.20. The monoisotopic (exact) mass is 292 g/mol. The van der Waals surface area contributed by atoms with Gasteiger partial charge in [0.05, 0.1) is 10.0 Å². The van der Waals surface area contributed by atoms with Crippen molar-refractivity contribution in [2.45, 2.75) is 0 Å². The third-order valence-corrected chi connectivity index (χ3v) is 3.05. The highest BCUT2D eigenvalue weighted by molar-refractivity contribution is 6.41. The normalized spacial score (nSPS) is 10.5. The molecule has 0 fully saturated rings. The van der Waals surface area contributed by atoms with E-state index in [1.165, 1.54) is 6.20 Å². The molecule has 82 valence electrons. The Morgan fingerprint density at radius 2 is 1.56 bits per heavy atom. The van der Waals surface area contributed by atoms with E-state index in [0.29, 0.717) is 21.2 Å². The van der Waals surface area contributed by atoms with Gasteiger partial charge >= 0.3 is 0 Å². The van der Waals surface area contributed by atoms with E-state index < -0.39 is 0 Å². The minimum atomic E-state index is 0.0805. The molecule has 1 aromatic heterocycles. The van der Waals surface area contributed by atoms with Gasteiger partial charge in [-0.3, -0.25) is 0 Å². The van der Waals surface area contributed by atoms with Crippen LogP contribution in [0.25, 0.3) is 11.1 Å². The van der Waals surface area contributed by atoms with Crippen LogP contribution in [0.1, 0.15) is 0 Å². The summed E-state index contributed by atoms with van der Waals surface area (Å²) in [7, 11) is 0. The number of benzene rings is 1. The van der Waals surface area contributed by atoms with Crippen LogP contribution in [0, 0.1) is 0 Å². The molecule has 16 heavy (non-hydrogen) atoms. The summed E-state index contributed by atoms with van der Waals surface area (Å²) in [5.41, 5.74) is 1.16. The maximum atomic E-state index is 6.04. The number of aromatic nitrogens is 2. The molecule has 0 unspecified atom stereocenters. The molecule has 6 heteroatoms. The van der Waals surface area contributed by atoms with Crippen LogP contribution in [0.3, 0.4) is 0 Å². The van der Waals surface area contributed by atoms with Crippen LogP contribution in [-0.2, 0) is 0 Å². The van der Waals surface area contributed by atoms with Gasteiger partial charge in [-0.15, -0.1) is 0 Å². The van der Waals surface area contributed by atoms with Crippen LogP contribution in [0.4, 0.5) is 0 Å². The van der Waals surface area contributed by atoms with Gasteiger partial charge < -0.3 is 0 Å². The molecule has 2 nitrogen and oxygen atoms in total. The van der Waals surface area contributed by atoms with Gasteiger partial charge in [-0.2, -0.15) is 0 Å². The first-order chi connectivity index (χ1) is 7.59. The van der Waals surface area contributed by atoms with Crippen LogP contribution in [0.15, 0.2) is 24.4 Å². The van der Waals surface area contributed by atoms with E-state index in [1.807, 2.05) is 0 Å². The summed E-state index contributed by atoms with van der Waals surface area (Å²) in [6.07, 6.45) is 1.49. The first-order valence-corrected chi connectivity index (χ1v) is 5.73. The predicted octanol–water partition coefficient (Wildman–Crippen LogP) is 4.76. The molecule has 0 radical (unpaired) electrons. The molecule has 0 aliphatic heterocycles. The molecule has 0 spiro atoms. The summed E-state index contributed by atoms with van der Waals surface area (Å²) in [4.78, 5) is 7.69. The third kappa shape index (κ3) is 2.25. The number of hydrogen-bond acceptors (Lipinski definition) is 2. The van der Waals surface area contributed by atoms with Gasteiger partial charge in [-0.05, 0) is 23.7 Å². The lowest BCUT2D eigenvalue weighted by molar-refractivity contribution is 1.17. The second-order valence-electron chi connectivity index (χ2n) is 2.94. The highest BCUT2D eigenvalue weighted by Crippen LogP contribution is 2.37. The molecule has 0 saturated carbocycles. The highest BCUT2D eigenvalue weighted by atomic mass is 35.5. The molecule has 1 heterocycles. The third-order valence-electron chi connectivity index (χ3n) is 1.94. The van der Waals surface area contributed by atoms with Crippen LogP contribution >= 0.6 is 46.4 Å². The van der Waals surface area contributed by atoms with Crippen LogP contribution in [0.2, 0.25) is 20.5 Å². The van der Waals surface area contributed by atoms with E-state index in [4.69, 9.17) is 46.4 Å². The SMILES string of the molecule is Clc1ncc(-c2c(Cl)cccc2Cl)c(Cl)n1. The Morgan fingerprint density at radius 1 is 0.938 bits per heavy atom. The van der Waals surface area contributed by atoms with Gasteiger partial charge in [-0.25, -0.2) is 9.97 Å². The molecule has 0 bridgehead atoms. The van der Waals surface area contributed by atoms with E-state index in [-0.39, 0.29) is 10.4 Å². The second-order valence-corrected chi connectivity index (χ2v) is 4.45. The Kier molecular flexibility index (Phi) is 3.55. The molecule has 0 amide bonds. The predicted molar refractivity (Wildman–Crippen MR) is 67.5 cm³/mol. The van der Waals surface area contributed by atoms with Crippen molar-refractivity contribution < 1.29 is 0 Å². The highest BCUT2D eigenvalue weighted by Gasteiger charge is 2.13. The Morgan fingerprint density at radius 3 is 2.12 bits per heavy atom. The molecule has 0 aliphatic rings. The van der Waals surface area contributed by atoms with Crippen molar-refractivity contribution in [2.75, 3.05) is 0 Å². The summed E-state index contributed by atoms with van der Waals surface area (Å²) < 4.78 is 0. The number of hydrogen-bond donors (Lipinski definition) is 0. The Bertz CT molecular complexity index is 522. The van der Waals surface area contributed by atoms with E-state index in [0.717, 1.165) is 0 Å². The molecular formula is C10H4Cl4N2. The summed E-state index contributed by atoms with van der Waals surface area (Å²) in [6, 6.07) is 5.18. The zero-order chi connectivity index (χ0) is 11.7. The maximum Gasteiger partial charge on any atom is 0.223 e. The van der Waals surface area contributed by atoms with Crippen molar-refractivity contribution in [1.82, 2.24) is 9.97 Å². The van der Waals surface area contributed by atoms with E-state index in [1.54, 1.807) is 18.2 Å². The summed E-state index contributed by atoms with van der Waals surface area (Å²) >= 11 is 23.7. The molecule has 1 aromatic carbocycles. The van der Waals surface area contributed by atoms with Gasteiger partial charge in [0.15, 0.2) is 0 Å². The van der Waals surface area contributed by atoms with Crippen molar-refractivity contribution in [3.05, 3.63) is 44.9 Å². The minimum absolute atomic E-state index is 0.0805. The maximum absolute atomic E-state index is 6.04. The van der Waals surface area contributed by atoms with Crippen molar-refractivity contribution in [3.63, 3.8) is 0 Å². The average molecular weight is 294 g/mol. The quantitative estimate of drug-likeness (QED) is 0.560. The number of halogens is 4. The lowest BCUT2D eigenvalue weighted by atomic mass is 10.1. The lowest BCUT2D eigenvalue weighted by Crippen LogP contribution is -1.89. The topological polar surface area (TPSA) is 25.8 Å². The molecule has 0 N–H and O–H groups in total. The zero-order valence-electron chi connectivity index (χ0n) is 7.72. The Hall–Kier alpha value is -0.540. The van der Waals surface area contributed by atoms with Crippen LogP contribution in [0.5, 0.6) is 0 Å². The molecule has 0 aliphatic carbocycles. The van der Waals surface area contributed by atoms with Gasteiger partial charge in [0, 0.05) is 17.3 Å². The summed E-state index contributed by atoms with van der Waals surface area (Å²) in [5.74, 6) is 0. The van der Waals surface area contributed by atoms with E-state index in [2.05, 4.69) is 9.97 Å². The Labute approximate surface area is 112 Å². The van der Waals surface area contributed by atoms with Crippen molar-refractivity contribution >= 4 is 46.4 Å².